The zero-order valence-electron chi connectivity index (χ0n) is 19.2. The van der Waals surface area contributed by atoms with Crippen molar-refractivity contribution in [1.82, 2.24) is 9.69 Å². The normalized spacial score (nSPS) is 14.4. The van der Waals surface area contributed by atoms with Gasteiger partial charge in [0.05, 0.1) is 18.0 Å². The highest BCUT2D eigenvalue weighted by Crippen LogP contribution is 2.39. The van der Waals surface area contributed by atoms with Gasteiger partial charge in [-0.05, 0) is 54.9 Å². The van der Waals surface area contributed by atoms with Crippen LogP contribution >= 0.6 is 22.9 Å². The van der Waals surface area contributed by atoms with Crippen molar-refractivity contribution in [3.8, 4) is 5.75 Å². The van der Waals surface area contributed by atoms with E-state index in [0.29, 0.717) is 22.9 Å². The number of ether oxygens (including phenoxy) is 1. The van der Waals surface area contributed by atoms with Crippen molar-refractivity contribution in [2.75, 3.05) is 17.2 Å². The molecule has 4 rings (SSSR count). The maximum Gasteiger partial charge on any atom is 0.273 e. The van der Waals surface area contributed by atoms with E-state index in [4.69, 9.17) is 16.2 Å². The number of benzene rings is 1. The fraction of sp³-hybridized carbons (Fsp3) is 0.333. The van der Waals surface area contributed by atoms with E-state index in [9.17, 15) is 14.4 Å². The van der Waals surface area contributed by atoms with Gasteiger partial charge in [0.15, 0.2) is 11.7 Å². The van der Waals surface area contributed by atoms with E-state index < -0.39 is 17.9 Å². The van der Waals surface area contributed by atoms with Crippen molar-refractivity contribution >= 4 is 52.0 Å². The van der Waals surface area contributed by atoms with E-state index in [1.807, 2.05) is 24.4 Å². The summed E-state index contributed by atoms with van der Waals surface area (Å²) in [6, 6.07) is 9.74. The standard InChI is InChI=1S/C24H27N5O4S2/c1-2-33-16-11-6-5-10-15(16)29(24(32)21-18(25)19(22(26)30)28-35-21)20(17-12-7-13-34-17)23(31)27-14-8-3-4-9-14/h5-7,10-14,20H,2-4,8-9,25H2,1H3,(H2,26,30)(H,27,31)/t20-/m1/s1. The van der Waals surface area contributed by atoms with E-state index >= 15 is 0 Å². The second-order valence-corrected chi connectivity index (χ2v) is 9.87. The summed E-state index contributed by atoms with van der Waals surface area (Å²) in [6.45, 7) is 2.21. The van der Waals surface area contributed by atoms with Crippen LogP contribution in [0.15, 0.2) is 41.8 Å². The van der Waals surface area contributed by atoms with E-state index in [-0.39, 0.29) is 28.2 Å². The van der Waals surface area contributed by atoms with Crippen LogP contribution in [0.1, 0.15) is 63.7 Å². The van der Waals surface area contributed by atoms with Crippen molar-refractivity contribution in [2.24, 2.45) is 5.73 Å². The molecule has 0 aliphatic heterocycles. The van der Waals surface area contributed by atoms with E-state index in [1.165, 1.54) is 16.2 Å². The average molecular weight is 514 g/mol. The van der Waals surface area contributed by atoms with Gasteiger partial charge >= 0.3 is 0 Å². The number of anilines is 2. The zero-order valence-corrected chi connectivity index (χ0v) is 20.9. The van der Waals surface area contributed by atoms with Gasteiger partial charge in [-0.1, -0.05) is 31.0 Å². The number of rotatable bonds is 9. The number of amides is 3. The number of thiophene rings is 1. The summed E-state index contributed by atoms with van der Waals surface area (Å²) in [5.74, 6) is -1.25. The predicted molar refractivity (Wildman–Crippen MR) is 137 cm³/mol. The maximum absolute atomic E-state index is 14.1. The molecule has 0 bridgehead atoms. The summed E-state index contributed by atoms with van der Waals surface area (Å²) in [4.78, 5) is 41.7. The Morgan fingerprint density at radius 3 is 2.57 bits per heavy atom. The molecule has 2 aromatic heterocycles. The molecule has 1 aromatic carbocycles. The molecule has 0 spiro atoms. The van der Waals surface area contributed by atoms with E-state index in [1.54, 1.807) is 24.3 Å². The van der Waals surface area contributed by atoms with Crippen molar-refractivity contribution in [1.29, 1.82) is 0 Å². The lowest BCUT2D eigenvalue weighted by Crippen LogP contribution is -2.46. The maximum atomic E-state index is 14.1. The Kier molecular flexibility index (Phi) is 7.67. The number of primary amides is 1. The molecule has 184 valence electrons. The minimum atomic E-state index is -0.983. The lowest BCUT2D eigenvalue weighted by molar-refractivity contribution is -0.123. The molecule has 35 heavy (non-hydrogen) atoms. The first-order chi connectivity index (χ1) is 16.9. The molecule has 1 aliphatic rings. The van der Waals surface area contributed by atoms with Gasteiger partial charge in [-0.3, -0.25) is 19.3 Å². The lowest BCUT2D eigenvalue weighted by atomic mass is 10.1. The summed E-state index contributed by atoms with van der Waals surface area (Å²) in [7, 11) is 0. The highest BCUT2D eigenvalue weighted by Gasteiger charge is 2.38. The number of carbonyl (C=O) groups excluding carboxylic acids is 3. The first kappa shape index (κ1) is 24.7. The van der Waals surface area contributed by atoms with Crippen LogP contribution in [0.25, 0.3) is 0 Å². The molecule has 0 unspecified atom stereocenters. The first-order valence-corrected chi connectivity index (χ1v) is 13.0. The van der Waals surface area contributed by atoms with Crippen LogP contribution in [0.4, 0.5) is 11.4 Å². The molecule has 0 saturated heterocycles. The summed E-state index contributed by atoms with van der Waals surface area (Å²) < 4.78 is 9.81. The monoisotopic (exact) mass is 513 g/mol. The Bertz CT molecular complexity index is 1200. The Morgan fingerprint density at radius 2 is 1.94 bits per heavy atom. The smallest absolute Gasteiger partial charge is 0.273 e. The van der Waals surface area contributed by atoms with Crippen LogP contribution in [-0.4, -0.2) is 34.7 Å². The van der Waals surface area contributed by atoms with E-state index in [2.05, 4.69) is 9.69 Å². The third kappa shape index (κ3) is 5.15. The molecule has 9 nitrogen and oxygen atoms in total. The van der Waals surface area contributed by atoms with Crippen LogP contribution in [-0.2, 0) is 4.79 Å². The minimum Gasteiger partial charge on any atom is -0.492 e. The van der Waals surface area contributed by atoms with Gasteiger partial charge in [0.2, 0.25) is 5.91 Å². The zero-order chi connectivity index (χ0) is 24.9. The molecule has 0 radical (unpaired) electrons. The molecule has 1 aliphatic carbocycles. The number of hydrogen-bond acceptors (Lipinski definition) is 8. The Labute approximate surface area is 211 Å². The van der Waals surface area contributed by atoms with Crippen LogP contribution in [0.5, 0.6) is 5.75 Å². The Balaban J connectivity index is 1.85. The van der Waals surface area contributed by atoms with Crippen molar-refractivity contribution in [3.05, 3.63) is 57.2 Å². The predicted octanol–water partition coefficient (Wildman–Crippen LogP) is 3.73. The minimum absolute atomic E-state index is 0.0281. The molecule has 3 aromatic rings. The number of nitrogen functional groups attached to an aromatic ring is 1. The first-order valence-electron chi connectivity index (χ1n) is 11.4. The number of nitrogens with one attached hydrogen (secondary N) is 1. The van der Waals surface area contributed by atoms with Crippen LogP contribution in [0, 0.1) is 0 Å². The number of nitrogens with zero attached hydrogens (tertiary/aromatic N) is 2. The quantitative estimate of drug-likeness (QED) is 0.398. The third-order valence-electron chi connectivity index (χ3n) is 5.82. The van der Waals surface area contributed by atoms with Crippen molar-refractivity contribution in [2.45, 2.75) is 44.7 Å². The fourth-order valence-corrected chi connectivity index (χ4v) is 5.76. The molecule has 2 heterocycles. The summed E-state index contributed by atoms with van der Waals surface area (Å²) in [5, 5.41) is 4.98. The van der Waals surface area contributed by atoms with Gasteiger partial charge in [-0.2, -0.15) is 4.37 Å². The van der Waals surface area contributed by atoms with Gasteiger partial charge < -0.3 is 21.5 Å². The van der Waals surface area contributed by atoms with Gasteiger partial charge in [0.25, 0.3) is 11.8 Å². The summed E-state index contributed by atoms with van der Waals surface area (Å²) in [6.07, 6.45) is 3.90. The summed E-state index contributed by atoms with van der Waals surface area (Å²) >= 11 is 2.15. The van der Waals surface area contributed by atoms with E-state index in [0.717, 1.165) is 37.2 Å². The molecule has 1 saturated carbocycles. The third-order valence-corrected chi connectivity index (χ3v) is 7.60. The Hall–Kier alpha value is -3.44. The number of carbonyl (C=O) groups is 3. The fourth-order valence-electron chi connectivity index (χ4n) is 4.21. The number of hydrogen-bond donors (Lipinski definition) is 3. The molecule has 1 fully saturated rings. The second-order valence-electron chi connectivity index (χ2n) is 8.12. The molecular weight excluding hydrogens is 486 g/mol. The molecule has 11 heteroatoms. The topological polar surface area (TPSA) is 141 Å². The second kappa shape index (κ2) is 10.9. The van der Waals surface area contributed by atoms with Crippen LogP contribution in [0.3, 0.4) is 0 Å². The molecular formula is C24H27N5O4S2. The van der Waals surface area contributed by atoms with Crippen LogP contribution < -0.4 is 26.4 Å². The van der Waals surface area contributed by atoms with Gasteiger partial charge in [0.1, 0.15) is 10.6 Å². The molecule has 3 amide bonds. The highest BCUT2D eigenvalue weighted by molar-refractivity contribution is 7.10. The van der Waals surface area contributed by atoms with Crippen molar-refractivity contribution in [3.63, 3.8) is 0 Å². The summed E-state index contributed by atoms with van der Waals surface area (Å²) in [5.41, 5.74) is 11.6. The SMILES string of the molecule is CCOc1ccccc1N(C(=O)c1snc(C(N)=O)c1N)[C@@H](C(=O)NC1CCCC1)c1cccs1. The average Bonchev–Trinajstić information content (AvgIpc) is 3.60. The van der Waals surface area contributed by atoms with Gasteiger partial charge in [-0.25, -0.2) is 0 Å². The number of para-hydroxylation sites is 2. The number of nitrogens with two attached hydrogens (primary N) is 2. The van der Waals surface area contributed by atoms with Crippen molar-refractivity contribution < 1.29 is 19.1 Å². The number of aromatic nitrogens is 1. The lowest BCUT2D eigenvalue weighted by Gasteiger charge is -2.32. The van der Waals surface area contributed by atoms with Gasteiger partial charge in [0, 0.05) is 10.9 Å². The largest absolute Gasteiger partial charge is 0.492 e. The highest BCUT2D eigenvalue weighted by atomic mass is 32.1. The molecule has 5 N–H and O–H groups in total. The van der Waals surface area contributed by atoms with Gasteiger partial charge in [-0.15, -0.1) is 11.3 Å². The van der Waals surface area contributed by atoms with Crippen LogP contribution in [0.2, 0.25) is 0 Å². The molecule has 1 atom stereocenters. The Morgan fingerprint density at radius 1 is 1.20 bits per heavy atom.